The number of hydrogen-bond acceptors (Lipinski definition) is 4. The van der Waals surface area contributed by atoms with Gasteiger partial charge in [-0.15, -0.1) is 0 Å². The molecule has 2 rings (SSSR count). The van der Waals surface area contributed by atoms with Gasteiger partial charge in [0.2, 0.25) is 5.91 Å². The third-order valence-electron chi connectivity index (χ3n) is 2.83. The summed E-state index contributed by atoms with van der Waals surface area (Å²) in [6.45, 7) is 0.318. The highest BCUT2D eigenvalue weighted by atomic mass is 16.3. The molecule has 1 aromatic carbocycles. The maximum absolute atomic E-state index is 11.3. The second-order valence-electron chi connectivity index (χ2n) is 4.01. The number of benzene rings is 1. The lowest BCUT2D eigenvalue weighted by Crippen LogP contribution is -2.20. The second kappa shape index (κ2) is 5.05. The van der Waals surface area contributed by atoms with Crippen LogP contribution in [0.1, 0.15) is 12.2 Å². The predicted octanol–water partition coefficient (Wildman–Crippen LogP) is 0.247. The minimum absolute atomic E-state index is 0.0452. The molecule has 0 aliphatic rings. The fourth-order valence-corrected chi connectivity index (χ4v) is 1.91. The van der Waals surface area contributed by atoms with Crippen LogP contribution >= 0.6 is 0 Å². The van der Waals surface area contributed by atoms with Gasteiger partial charge in [0.1, 0.15) is 12.4 Å². The quantitative estimate of drug-likeness (QED) is 0.676. The number of carbonyl (C=O) groups is 1. The molecule has 1 heterocycles. The number of aromatic nitrogens is 2. The highest BCUT2D eigenvalue weighted by Crippen LogP contribution is 2.19. The normalized spacial score (nSPS) is 10.8. The Labute approximate surface area is 104 Å². The van der Waals surface area contributed by atoms with E-state index in [1.54, 1.807) is 19.2 Å². The Morgan fingerprint density at radius 1 is 1.56 bits per heavy atom. The zero-order valence-electron chi connectivity index (χ0n) is 10.2. The molecule has 0 bridgehead atoms. The van der Waals surface area contributed by atoms with Gasteiger partial charge >= 0.3 is 0 Å². The number of rotatable bonds is 4. The minimum Gasteiger partial charge on any atom is -0.399 e. The van der Waals surface area contributed by atoms with Crippen molar-refractivity contribution in [3.05, 3.63) is 24.0 Å². The zero-order valence-corrected chi connectivity index (χ0v) is 10.2. The second-order valence-corrected chi connectivity index (χ2v) is 4.01. The Kier molecular flexibility index (Phi) is 3.47. The first-order valence-electron chi connectivity index (χ1n) is 5.71. The number of carbonyl (C=O) groups excluding carboxylic acids is 1. The number of nitrogens with two attached hydrogens (primary N) is 1. The summed E-state index contributed by atoms with van der Waals surface area (Å²) in [6.07, 6.45) is 0.347. The first kappa shape index (κ1) is 12.4. The van der Waals surface area contributed by atoms with Gasteiger partial charge in [-0.05, 0) is 18.2 Å². The number of aryl methyl sites for hydroxylation is 1. The largest absolute Gasteiger partial charge is 0.399 e. The standard InChI is InChI=1S/C12H16N4O2/c1-14-12(18)4-5-16-10-3-2-8(13)6-9(10)15-11(16)7-17/h2-3,6,17H,4-5,7,13H2,1H3,(H,14,18). The van der Waals surface area contributed by atoms with Gasteiger partial charge in [-0.25, -0.2) is 4.98 Å². The molecule has 0 unspecified atom stereocenters. The van der Waals surface area contributed by atoms with Crippen LogP contribution in [0.5, 0.6) is 0 Å². The predicted molar refractivity (Wildman–Crippen MR) is 68.8 cm³/mol. The van der Waals surface area contributed by atoms with Gasteiger partial charge in [0.05, 0.1) is 11.0 Å². The highest BCUT2D eigenvalue weighted by molar-refractivity contribution is 5.80. The van der Waals surface area contributed by atoms with Crippen LogP contribution in [0.3, 0.4) is 0 Å². The van der Waals surface area contributed by atoms with Gasteiger partial charge in [0.25, 0.3) is 0 Å². The highest BCUT2D eigenvalue weighted by Gasteiger charge is 2.11. The number of aliphatic hydroxyl groups is 1. The first-order valence-corrected chi connectivity index (χ1v) is 5.71. The van der Waals surface area contributed by atoms with E-state index in [-0.39, 0.29) is 12.5 Å². The third kappa shape index (κ3) is 2.28. The van der Waals surface area contributed by atoms with Crippen molar-refractivity contribution in [3.8, 4) is 0 Å². The molecule has 0 saturated carbocycles. The van der Waals surface area contributed by atoms with E-state index in [1.807, 2.05) is 10.6 Å². The number of imidazole rings is 1. The molecule has 6 heteroatoms. The molecule has 6 nitrogen and oxygen atoms in total. The Morgan fingerprint density at radius 2 is 2.33 bits per heavy atom. The molecule has 2 aromatic rings. The fourth-order valence-electron chi connectivity index (χ4n) is 1.91. The van der Waals surface area contributed by atoms with Crippen LogP contribution in [0.4, 0.5) is 5.69 Å². The Bertz CT molecular complexity index is 577. The van der Waals surface area contributed by atoms with Crippen LogP contribution in [0.2, 0.25) is 0 Å². The number of amides is 1. The van der Waals surface area contributed by atoms with Crippen LogP contribution in [-0.2, 0) is 17.9 Å². The minimum atomic E-state index is -0.164. The lowest BCUT2D eigenvalue weighted by Gasteiger charge is -2.07. The van der Waals surface area contributed by atoms with E-state index in [9.17, 15) is 9.90 Å². The van der Waals surface area contributed by atoms with Gasteiger partial charge in [0, 0.05) is 25.7 Å². The van der Waals surface area contributed by atoms with E-state index in [1.165, 1.54) is 0 Å². The third-order valence-corrected chi connectivity index (χ3v) is 2.83. The smallest absolute Gasteiger partial charge is 0.221 e. The Morgan fingerprint density at radius 3 is 3.00 bits per heavy atom. The van der Waals surface area contributed by atoms with E-state index < -0.39 is 0 Å². The molecular weight excluding hydrogens is 232 g/mol. The number of nitrogens with one attached hydrogen (secondary N) is 1. The average molecular weight is 248 g/mol. The van der Waals surface area contributed by atoms with Crippen molar-refractivity contribution in [1.82, 2.24) is 14.9 Å². The summed E-state index contributed by atoms with van der Waals surface area (Å²) >= 11 is 0. The lowest BCUT2D eigenvalue weighted by atomic mass is 10.3. The SMILES string of the molecule is CNC(=O)CCn1c(CO)nc2cc(N)ccc21. The molecule has 0 radical (unpaired) electrons. The summed E-state index contributed by atoms with van der Waals surface area (Å²) in [7, 11) is 1.60. The number of nitrogen functional groups attached to an aromatic ring is 1. The van der Waals surface area contributed by atoms with Crippen molar-refractivity contribution in [2.75, 3.05) is 12.8 Å². The van der Waals surface area contributed by atoms with Crippen molar-refractivity contribution >= 4 is 22.6 Å². The summed E-state index contributed by atoms with van der Waals surface area (Å²) in [5.74, 6) is 0.496. The monoisotopic (exact) mass is 248 g/mol. The molecule has 0 atom stereocenters. The van der Waals surface area contributed by atoms with E-state index in [0.717, 1.165) is 11.0 Å². The summed E-state index contributed by atoms with van der Waals surface area (Å²) in [4.78, 5) is 15.6. The van der Waals surface area contributed by atoms with Crippen LogP contribution in [0.25, 0.3) is 11.0 Å². The zero-order chi connectivity index (χ0) is 13.1. The summed E-state index contributed by atoms with van der Waals surface area (Å²) < 4.78 is 1.84. The number of anilines is 1. The van der Waals surface area contributed by atoms with Crippen molar-refractivity contribution in [2.45, 2.75) is 19.6 Å². The first-order chi connectivity index (χ1) is 8.65. The number of aliphatic hydroxyl groups excluding tert-OH is 1. The summed E-state index contributed by atoms with van der Waals surface area (Å²) in [5, 5.41) is 11.9. The number of fused-ring (bicyclic) bond motifs is 1. The van der Waals surface area contributed by atoms with E-state index in [0.29, 0.717) is 24.5 Å². The molecule has 0 spiro atoms. The van der Waals surface area contributed by atoms with Gasteiger partial charge in [-0.1, -0.05) is 0 Å². The van der Waals surface area contributed by atoms with Crippen molar-refractivity contribution in [1.29, 1.82) is 0 Å². The molecule has 96 valence electrons. The summed E-state index contributed by atoms with van der Waals surface area (Å²) in [6, 6.07) is 5.38. The van der Waals surface area contributed by atoms with Gasteiger partial charge in [-0.3, -0.25) is 4.79 Å². The Hall–Kier alpha value is -2.08. The van der Waals surface area contributed by atoms with Crippen molar-refractivity contribution < 1.29 is 9.90 Å². The molecule has 1 aromatic heterocycles. The van der Waals surface area contributed by atoms with E-state index in [2.05, 4.69) is 10.3 Å². The van der Waals surface area contributed by atoms with E-state index in [4.69, 9.17) is 5.73 Å². The van der Waals surface area contributed by atoms with Crippen LogP contribution in [0.15, 0.2) is 18.2 Å². The van der Waals surface area contributed by atoms with Crippen LogP contribution in [-0.4, -0.2) is 27.6 Å². The molecule has 0 aliphatic carbocycles. The lowest BCUT2D eigenvalue weighted by molar-refractivity contribution is -0.120. The number of hydrogen-bond donors (Lipinski definition) is 3. The van der Waals surface area contributed by atoms with E-state index >= 15 is 0 Å². The van der Waals surface area contributed by atoms with Crippen LogP contribution in [0, 0.1) is 0 Å². The van der Waals surface area contributed by atoms with Gasteiger partial charge < -0.3 is 20.7 Å². The van der Waals surface area contributed by atoms with Gasteiger partial charge in [-0.2, -0.15) is 0 Å². The molecule has 0 fully saturated rings. The molecule has 4 N–H and O–H groups in total. The molecular formula is C12H16N4O2. The van der Waals surface area contributed by atoms with Gasteiger partial charge in [0.15, 0.2) is 0 Å². The van der Waals surface area contributed by atoms with Crippen molar-refractivity contribution in [3.63, 3.8) is 0 Å². The fraction of sp³-hybridized carbons (Fsp3) is 0.333. The summed E-state index contributed by atoms with van der Waals surface area (Å²) in [5.41, 5.74) is 7.92. The van der Waals surface area contributed by atoms with Crippen LogP contribution < -0.4 is 11.1 Å². The van der Waals surface area contributed by atoms with Crippen molar-refractivity contribution in [2.24, 2.45) is 0 Å². The Balaban J connectivity index is 2.37. The molecule has 0 aliphatic heterocycles. The topological polar surface area (TPSA) is 93.2 Å². The molecule has 0 saturated heterocycles. The molecule has 1 amide bonds. The average Bonchev–Trinajstić information content (AvgIpc) is 2.72. The maximum Gasteiger partial charge on any atom is 0.221 e. The maximum atomic E-state index is 11.3. The molecule has 18 heavy (non-hydrogen) atoms. The number of nitrogens with zero attached hydrogens (tertiary/aromatic N) is 2.